The predicted molar refractivity (Wildman–Crippen MR) is 46.5 cm³/mol. The molecule has 0 spiro atoms. The molecule has 1 aliphatic carbocycles. The SMILES string of the molecule is O=C=CCC1CCCCC1Cl. The van der Waals surface area contributed by atoms with Gasteiger partial charge in [0.05, 0.1) is 0 Å². The molecule has 2 heteroatoms. The molecule has 0 heterocycles. The van der Waals surface area contributed by atoms with Crippen LogP contribution >= 0.6 is 11.6 Å². The molecule has 1 aliphatic rings. The van der Waals surface area contributed by atoms with Crippen LogP contribution in [0, 0.1) is 5.92 Å². The van der Waals surface area contributed by atoms with Crippen LogP contribution in [0.15, 0.2) is 6.08 Å². The first-order chi connectivity index (χ1) is 5.34. The van der Waals surface area contributed by atoms with Gasteiger partial charge in [-0.05, 0) is 25.2 Å². The summed E-state index contributed by atoms with van der Waals surface area (Å²) in [6.07, 6.45) is 7.17. The third-order valence-corrected chi connectivity index (χ3v) is 2.89. The van der Waals surface area contributed by atoms with Crippen molar-refractivity contribution in [2.45, 2.75) is 37.5 Å². The minimum Gasteiger partial charge on any atom is -0.234 e. The molecule has 0 radical (unpaired) electrons. The average molecular weight is 173 g/mol. The van der Waals surface area contributed by atoms with Crippen LogP contribution in [0.2, 0.25) is 0 Å². The first kappa shape index (κ1) is 8.83. The molecule has 2 unspecified atom stereocenters. The standard InChI is InChI=1S/C9H13ClO/c10-9-6-2-1-4-8(9)5-3-7-11/h3,8-9H,1-2,4-6H2. The monoisotopic (exact) mass is 172 g/mol. The van der Waals surface area contributed by atoms with Crippen molar-refractivity contribution in [3.05, 3.63) is 6.08 Å². The Labute approximate surface area is 72.4 Å². The van der Waals surface area contributed by atoms with Crippen molar-refractivity contribution in [1.29, 1.82) is 0 Å². The molecule has 0 aromatic carbocycles. The lowest BCUT2D eigenvalue weighted by Gasteiger charge is -2.25. The van der Waals surface area contributed by atoms with Crippen molar-refractivity contribution in [3.8, 4) is 0 Å². The first-order valence-electron chi connectivity index (χ1n) is 4.18. The maximum atomic E-state index is 9.93. The Bertz CT molecular complexity index is 161. The summed E-state index contributed by atoms with van der Waals surface area (Å²) >= 11 is 6.07. The highest BCUT2D eigenvalue weighted by atomic mass is 35.5. The van der Waals surface area contributed by atoms with Gasteiger partial charge in [0, 0.05) is 11.5 Å². The van der Waals surface area contributed by atoms with E-state index in [9.17, 15) is 4.79 Å². The number of alkyl halides is 1. The molecule has 62 valence electrons. The van der Waals surface area contributed by atoms with Gasteiger partial charge in [0.2, 0.25) is 0 Å². The van der Waals surface area contributed by atoms with E-state index in [1.807, 2.05) is 0 Å². The van der Waals surface area contributed by atoms with Crippen LogP contribution in [-0.2, 0) is 4.79 Å². The van der Waals surface area contributed by atoms with Crippen LogP contribution in [0.1, 0.15) is 32.1 Å². The van der Waals surface area contributed by atoms with E-state index in [1.54, 1.807) is 12.0 Å². The molecule has 1 saturated carbocycles. The maximum Gasteiger partial charge on any atom is 0.120 e. The zero-order valence-electron chi connectivity index (χ0n) is 6.55. The van der Waals surface area contributed by atoms with E-state index in [1.165, 1.54) is 19.3 Å². The van der Waals surface area contributed by atoms with Crippen LogP contribution in [0.3, 0.4) is 0 Å². The first-order valence-corrected chi connectivity index (χ1v) is 4.61. The van der Waals surface area contributed by atoms with Crippen LogP contribution in [0.4, 0.5) is 0 Å². The van der Waals surface area contributed by atoms with Gasteiger partial charge in [0.25, 0.3) is 0 Å². The second-order valence-electron chi connectivity index (χ2n) is 3.12. The third-order valence-electron chi connectivity index (χ3n) is 2.32. The fourth-order valence-electron chi connectivity index (χ4n) is 1.63. The lowest BCUT2D eigenvalue weighted by Crippen LogP contribution is -2.18. The number of halogens is 1. The summed E-state index contributed by atoms with van der Waals surface area (Å²) in [7, 11) is 0. The molecule has 0 amide bonds. The van der Waals surface area contributed by atoms with Gasteiger partial charge in [-0.25, -0.2) is 4.79 Å². The molecule has 0 aliphatic heterocycles. The van der Waals surface area contributed by atoms with Crippen LogP contribution in [0.25, 0.3) is 0 Å². The van der Waals surface area contributed by atoms with E-state index < -0.39 is 0 Å². The summed E-state index contributed by atoms with van der Waals surface area (Å²) in [5, 5.41) is 0.286. The van der Waals surface area contributed by atoms with Crippen molar-refractivity contribution in [2.24, 2.45) is 5.92 Å². The number of rotatable bonds is 2. The zero-order chi connectivity index (χ0) is 8.10. The van der Waals surface area contributed by atoms with Gasteiger partial charge in [-0.2, -0.15) is 0 Å². The second kappa shape index (κ2) is 4.58. The summed E-state index contributed by atoms with van der Waals surface area (Å²) in [5.74, 6) is 2.32. The Morgan fingerprint density at radius 1 is 1.45 bits per heavy atom. The lowest BCUT2D eigenvalue weighted by atomic mass is 9.86. The topological polar surface area (TPSA) is 17.1 Å². The van der Waals surface area contributed by atoms with Crippen LogP contribution < -0.4 is 0 Å². The second-order valence-corrected chi connectivity index (χ2v) is 3.68. The summed E-state index contributed by atoms with van der Waals surface area (Å²) in [5.41, 5.74) is 0. The van der Waals surface area contributed by atoms with Crippen molar-refractivity contribution in [3.63, 3.8) is 0 Å². The Morgan fingerprint density at radius 2 is 2.18 bits per heavy atom. The highest BCUT2D eigenvalue weighted by Gasteiger charge is 2.21. The van der Waals surface area contributed by atoms with Crippen molar-refractivity contribution < 1.29 is 4.79 Å². The summed E-state index contributed by atoms with van der Waals surface area (Å²) in [4.78, 5) is 9.93. The third kappa shape index (κ3) is 2.69. The van der Waals surface area contributed by atoms with Crippen molar-refractivity contribution in [2.75, 3.05) is 0 Å². The minimum absolute atomic E-state index is 0.286. The molecule has 11 heavy (non-hydrogen) atoms. The van der Waals surface area contributed by atoms with Gasteiger partial charge in [-0.15, -0.1) is 11.6 Å². The predicted octanol–water partition coefficient (Wildman–Crippen LogP) is 2.56. The van der Waals surface area contributed by atoms with Crippen molar-refractivity contribution >= 4 is 17.5 Å². The Hall–Kier alpha value is -0.260. The molecule has 2 atom stereocenters. The highest BCUT2D eigenvalue weighted by molar-refractivity contribution is 6.20. The van der Waals surface area contributed by atoms with Gasteiger partial charge in [0.1, 0.15) is 5.94 Å². The average Bonchev–Trinajstić information content (AvgIpc) is 2.03. The number of hydrogen-bond acceptors (Lipinski definition) is 1. The maximum absolute atomic E-state index is 9.93. The molecule has 0 N–H and O–H groups in total. The normalized spacial score (nSPS) is 31.0. The van der Waals surface area contributed by atoms with E-state index in [-0.39, 0.29) is 5.38 Å². The molecule has 0 aromatic heterocycles. The largest absolute Gasteiger partial charge is 0.234 e. The molecule has 1 nitrogen and oxygen atoms in total. The Kier molecular flexibility index (Phi) is 3.68. The van der Waals surface area contributed by atoms with E-state index in [4.69, 9.17) is 11.6 Å². The summed E-state index contributed by atoms with van der Waals surface area (Å²) in [6.45, 7) is 0. The number of allylic oxidation sites excluding steroid dienone is 1. The van der Waals surface area contributed by atoms with Gasteiger partial charge >= 0.3 is 0 Å². The van der Waals surface area contributed by atoms with Gasteiger partial charge in [-0.3, -0.25) is 0 Å². The summed E-state index contributed by atoms with van der Waals surface area (Å²) < 4.78 is 0. The van der Waals surface area contributed by atoms with E-state index in [0.717, 1.165) is 12.8 Å². The molecule has 1 fully saturated rings. The van der Waals surface area contributed by atoms with Crippen LogP contribution in [-0.4, -0.2) is 11.3 Å². The molecule has 0 bridgehead atoms. The molecule has 1 rings (SSSR count). The smallest absolute Gasteiger partial charge is 0.120 e. The molecular weight excluding hydrogens is 160 g/mol. The quantitative estimate of drug-likeness (QED) is 0.462. The fourth-order valence-corrected chi connectivity index (χ4v) is 2.01. The van der Waals surface area contributed by atoms with Gasteiger partial charge in [0.15, 0.2) is 0 Å². The molecule has 0 aromatic rings. The Balaban J connectivity index is 2.35. The lowest BCUT2D eigenvalue weighted by molar-refractivity contribution is 0.369. The van der Waals surface area contributed by atoms with Crippen LogP contribution in [0.5, 0.6) is 0 Å². The van der Waals surface area contributed by atoms with Gasteiger partial charge in [-0.1, -0.05) is 12.8 Å². The molecular formula is C9H13ClO. The van der Waals surface area contributed by atoms with E-state index in [2.05, 4.69) is 0 Å². The number of hydrogen-bond donors (Lipinski definition) is 0. The van der Waals surface area contributed by atoms with E-state index >= 15 is 0 Å². The summed E-state index contributed by atoms with van der Waals surface area (Å²) in [6, 6.07) is 0. The number of carbonyl (C=O) groups excluding carboxylic acids is 1. The van der Waals surface area contributed by atoms with Crippen molar-refractivity contribution in [1.82, 2.24) is 0 Å². The zero-order valence-corrected chi connectivity index (χ0v) is 7.31. The Morgan fingerprint density at radius 3 is 2.82 bits per heavy atom. The molecule has 0 saturated heterocycles. The minimum atomic E-state index is 0.286. The highest BCUT2D eigenvalue weighted by Crippen LogP contribution is 2.30. The van der Waals surface area contributed by atoms with E-state index in [0.29, 0.717) is 5.92 Å². The van der Waals surface area contributed by atoms with Gasteiger partial charge < -0.3 is 0 Å². The fraction of sp³-hybridized carbons (Fsp3) is 0.778.